The smallest absolute Gasteiger partial charge is 0.475 e. The zero-order valence-electron chi connectivity index (χ0n) is 56.7. The van der Waals surface area contributed by atoms with E-state index in [4.69, 9.17) is 62.6 Å². The van der Waals surface area contributed by atoms with Crippen molar-refractivity contribution in [3.63, 3.8) is 0 Å². The van der Waals surface area contributed by atoms with Crippen molar-refractivity contribution in [1.29, 1.82) is 0 Å². The molecule has 104 heavy (non-hydrogen) atoms. The Morgan fingerprint density at radius 2 is 0.827 bits per heavy atom. The molecule has 24 nitrogen and oxygen atoms in total. The number of amides is 5. The summed E-state index contributed by atoms with van der Waals surface area (Å²) in [6.07, 6.45) is 3.82. The maximum atomic E-state index is 12.4. The number of aliphatic carboxylic acids is 1. The molecular formula is C76H74ClF3N12O12. The fourth-order valence-electron chi connectivity index (χ4n) is 10.5. The summed E-state index contributed by atoms with van der Waals surface area (Å²) >= 11 is 4.71. The van der Waals surface area contributed by atoms with E-state index < -0.39 is 40.7 Å². The maximum absolute atomic E-state index is 12.4. The van der Waals surface area contributed by atoms with E-state index in [-0.39, 0.29) is 40.9 Å². The Kier molecular flexibility index (Phi) is 27.1. The van der Waals surface area contributed by atoms with Crippen molar-refractivity contribution in [2.75, 3.05) is 39.3 Å². The lowest BCUT2D eigenvalue weighted by molar-refractivity contribution is -0.192. The molecule has 28 heteroatoms. The van der Waals surface area contributed by atoms with Gasteiger partial charge in [-0.25, -0.2) is 39.5 Å². The van der Waals surface area contributed by atoms with Gasteiger partial charge in [0.2, 0.25) is 11.1 Å². The fourth-order valence-corrected chi connectivity index (χ4v) is 10.5. The number of para-hydroxylation sites is 3. The number of carboxylic acid groups (broad SMARTS) is 1. The lowest BCUT2D eigenvalue weighted by Crippen LogP contribution is -2.35. The van der Waals surface area contributed by atoms with Crippen LogP contribution in [0, 0.1) is 0 Å². The summed E-state index contributed by atoms with van der Waals surface area (Å²) in [6, 6.07) is 50.6. The van der Waals surface area contributed by atoms with E-state index in [1.807, 2.05) is 185 Å². The molecule has 3 fully saturated rings. The molecule has 3 saturated heterocycles. The highest BCUT2D eigenvalue weighted by atomic mass is 35.5. The molecule has 0 radical (unpaired) electrons. The molecule has 3 aliphatic rings. The van der Waals surface area contributed by atoms with Crippen LogP contribution in [-0.2, 0) is 19.1 Å². The average Bonchev–Trinajstić information content (AvgIpc) is 1.28. The number of rotatable bonds is 17. The number of hydrogen-bond acceptors (Lipinski definition) is 18. The van der Waals surface area contributed by atoms with Crippen molar-refractivity contribution in [3.05, 3.63) is 242 Å². The number of likely N-dealkylation sites (tertiary alicyclic amines) is 2. The number of benzene rings is 6. The largest absolute Gasteiger partial charge is 0.490 e. The van der Waals surface area contributed by atoms with Crippen molar-refractivity contribution in [2.45, 2.75) is 69.6 Å². The molecule has 0 saturated carbocycles. The SMILES string of the molecule is C=CC(=O)Cl.C=CC(=O)N1CCC(c2ncc(C(N)=O)c(-c3ccc(Oc4ccccc4)cc3)n2)C1.CC(C)(C)OC(=O)N1CCC(c2ncc(C(N)=O)c(-c3ccc(Oc4ccccc4)cc3)n2)C1.NC(=O)c1cnc(C2CCNC2)nc1-c1ccc(Oc2ccccc2)cc1.O=C(O)C(F)(F)F. The third kappa shape index (κ3) is 22.6. The predicted molar refractivity (Wildman–Crippen MR) is 382 cm³/mol. The van der Waals surface area contributed by atoms with Gasteiger partial charge in [-0.05, 0) is 180 Å². The normalized spacial score (nSPS) is 15.0. The van der Waals surface area contributed by atoms with Crippen LogP contribution >= 0.6 is 11.6 Å². The Labute approximate surface area is 601 Å². The van der Waals surface area contributed by atoms with Crippen molar-refractivity contribution in [3.8, 4) is 68.3 Å². The van der Waals surface area contributed by atoms with E-state index in [0.717, 1.165) is 71.8 Å². The van der Waals surface area contributed by atoms with E-state index in [2.05, 4.69) is 43.4 Å². The van der Waals surface area contributed by atoms with Crippen LogP contribution in [0.15, 0.2) is 208 Å². The van der Waals surface area contributed by atoms with Crippen molar-refractivity contribution in [2.24, 2.45) is 17.2 Å². The molecule has 0 spiro atoms. The van der Waals surface area contributed by atoms with E-state index in [1.54, 1.807) is 9.80 Å². The Hall–Kier alpha value is -12.2. The van der Waals surface area contributed by atoms with E-state index in [0.29, 0.717) is 84.1 Å². The van der Waals surface area contributed by atoms with Crippen molar-refractivity contribution < 1.29 is 70.8 Å². The summed E-state index contributed by atoms with van der Waals surface area (Å²) in [7, 11) is 0. The minimum atomic E-state index is -5.08. The van der Waals surface area contributed by atoms with Crippen LogP contribution < -0.4 is 36.7 Å². The van der Waals surface area contributed by atoms with Gasteiger partial charge in [0.25, 0.3) is 17.7 Å². The van der Waals surface area contributed by atoms with Crippen LogP contribution in [0.4, 0.5) is 18.0 Å². The molecule has 0 aliphatic carbocycles. The maximum Gasteiger partial charge on any atom is 0.490 e. The second-order valence-corrected chi connectivity index (χ2v) is 24.6. The van der Waals surface area contributed by atoms with Gasteiger partial charge in [-0.2, -0.15) is 13.2 Å². The van der Waals surface area contributed by atoms with Gasteiger partial charge in [-0.1, -0.05) is 67.8 Å². The fraction of sp³-hybridized carbons (Fsp3) is 0.224. The quantitative estimate of drug-likeness (QED) is 0.0417. The first-order chi connectivity index (χ1) is 49.7. The van der Waals surface area contributed by atoms with Crippen molar-refractivity contribution in [1.82, 2.24) is 45.0 Å². The van der Waals surface area contributed by atoms with Crippen LogP contribution in [0.1, 0.15) is 106 Å². The number of nitrogens with two attached hydrogens (primary N) is 3. The van der Waals surface area contributed by atoms with Gasteiger partial charge in [-0.3, -0.25) is 24.0 Å². The topological polar surface area (TPSA) is 351 Å². The highest BCUT2D eigenvalue weighted by Gasteiger charge is 2.38. The molecule has 3 atom stereocenters. The number of halogens is 4. The van der Waals surface area contributed by atoms with Gasteiger partial charge in [0, 0.05) is 85.8 Å². The molecule has 8 N–H and O–H groups in total. The van der Waals surface area contributed by atoms with Gasteiger partial charge >= 0.3 is 18.2 Å². The summed E-state index contributed by atoms with van der Waals surface area (Å²) in [4.78, 5) is 109. The summed E-state index contributed by atoms with van der Waals surface area (Å²) in [5, 5.41) is 9.93. The molecule has 3 aromatic heterocycles. The average molecular weight is 1440 g/mol. The summed E-state index contributed by atoms with van der Waals surface area (Å²) in [6.45, 7) is 16.1. The molecule has 6 aromatic carbocycles. The summed E-state index contributed by atoms with van der Waals surface area (Å²) in [5.74, 6) is 1.74. The number of nitrogens with zero attached hydrogens (tertiary/aromatic N) is 8. The van der Waals surface area contributed by atoms with Crippen LogP contribution in [-0.4, -0.2) is 137 Å². The number of carbonyl (C=O) groups is 7. The third-order valence-electron chi connectivity index (χ3n) is 15.6. The molecule has 3 unspecified atom stereocenters. The highest BCUT2D eigenvalue weighted by molar-refractivity contribution is 6.66. The molecule has 3 aliphatic heterocycles. The zero-order valence-corrected chi connectivity index (χ0v) is 57.5. The summed E-state index contributed by atoms with van der Waals surface area (Å²) in [5.41, 5.74) is 20.7. The third-order valence-corrected chi connectivity index (χ3v) is 15.8. The van der Waals surface area contributed by atoms with E-state index in [1.165, 1.54) is 24.7 Å². The minimum absolute atomic E-state index is 0.00902. The molecule has 0 bridgehead atoms. The number of alkyl halides is 3. The molecular weight excluding hydrogens is 1370 g/mol. The summed E-state index contributed by atoms with van der Waals surface area (Å²) < 4.78 is 54.7. The second kappa shape index (κ2) is 36.4. The second-order valence-electron chi connectivity index (χ2n) is 24.3. The number of nitrogens with one attached hydrogen (secondary N) is 1. The first kappa shape index (κ1) is 77.5. The number of allylic oxidation sites excluding steroid dienone is 1. The lowest BCUT2D eigenvalue weighted by Gasteiger charge is -2.24. The number of carbonyl (C=O) groups excluding carboxylic acids is 6. The van der Waals surface area contributed by atoms with Crippen LogP contribution in [0.2, 0.25) is 0 Å². The molecule has 5 amide bonds. The Balaban J connectivity index is 0.000000183. The van der Waals surface area contributed by atoms with Crippen LogP contribution in [0.5, 0.6) is 34.5 Å². The number of ether oxygens (including phenoxy) is 4. The highest BCUT2D eigenvalue weighted by Crippen LogP contribution is 2.35. The number of aromatic nitrogens is 6. The van der Waals surface area contributed by atoms with Gasteiger partial charge in [0.05, 0.1) is 33.8 Å². The number of hydrogen-bond donors (Lipinski definition) is 5. The first-order valence-corrected chi connectivity index (χ1v) is 32.8. The van der Waals surface area contributed by atoms with Gasteiger partial charge < -0.3 is 56.4 Å². The molecule has 538 valence electrons. The van der Waals surface area contributed by atoms with Crippen LogP contribution in [0.3, 0.4) is 0 Å². The standard InChI is InChI=1S/C26H28N4O4.C24H22N4O3.C21H20N4O2.C3H3ClO.C2HF3O2/c1-26(2,3)34-25(32)30-14-13-18(16-30)24-28-15-21(23(27)31)22(29-24)17-9-11-20(12-10-17)33-19-7-5-4-6-8-19;1-2-21(29)28-13-12-17(15-28)24-26-14-20(23(25)30)22(27-24)16-8-10-19(11-9-16)31-18-6-4-3-5-7-18;22-20(26)18-13-24-21(15-10-11-23-12-15)25-19(18)14-6-8-17(9-7-14)27-16-4-2-1-3-5-16;1-2-3(4)5;3-2(4,5)1(6)7/h4-12,15,18H,13-14,16H2,1-3H3,(H2,27,31);2-11,14,17H,1,12-13,15H2,(H2,25,30);1-9,13,15,23H,10-12H2,(H2,22,26);2H,1H2;(H,6,7). The van der Waals surface area contributed by atoms with E-state index >= 15 is 0 Å². The lowest BCUT2D eigenvalue weighted by atomic mass is 10.0. The van der Waals surface area contributed by atoms with E-state index in [9.17, 15) is 41.9 Å². The molecule has 9 aromatic rings. The van der Waals surface area contributed by atoms with Crippen molar-refractivity contribution >= 4 is 52.5 Å². The van der Waals surface area contributed by atoms with Gasteiger partial charge in [-0.15, -0.1) is 0 Å². The van der Waals surface area contributed by atoms with Gasteiger partial charge in [0.1, 0.15) is 57.6 Å². The Bertz CT molecular complexity index is 4480. The monoisotopic (exact) mass is 1440 g/mol. The Morgan fingerprint density at radius 1 is 0.510 bits per heavy atom. The number of primary amides is 3. The predicted octanol–water partition coefficient (Wildman–Crippen LogP) is 13.0. The molecule has 12 rings (SSSR count). The number of carboxylic acids is 1. The molecule has 6 heterocycles. The first-order valence-electron chi connectivity index (χ1n) is 32.4. The van der Waals surface area contributed by atoms with Gasteiger partial charge in [0.15, 0.2) is 0 Å². The Morgan fingerprint density at radius 3 is 1.12 bits per heavy atom. The zero-order chi connectivity index (χ0) is 75.1. The minimum Gasteiger partial charge on any atom is -0.475 e. The van der Waals surface area contributed by atoms with Crippen LogP contribution in [0.25, 0.3) is 33.8 Å².